The SMILES string of the molecule is Cl.O=C(NC1CC2CCC(C1)N2)C1(c2ccc(Cl)c(Cl)c2)CCC1. The molecule has 1 amide bonds. The van der Waals surface area contributed by atoms with E-state index in [2.05, 4.69) is 10.6 Å². The van der Waals surface area contributed by atoms with E-state index in [1.807, 2.05) is 12.1 Å². The molecule has 6 heteroatoms. The molecule has 3 fully saturated rings. The molecule has 3 nitrogen and oxygen atoms in total. The van der Waals surface area contributed by atoms with Crippen molar-refractivity contribution < 1.29 is 4.79 Å². The smallest absolute Gasteiger partial charge is 0.230 e. The van der Waals surface area contributed by atoms with Crippen molar-refractivity contribution in [3.63, 3.8) is 0 Å². The number of hydrogen-bond donors (Lipinski definition) is 2. The molecule has 4 rings (SSSR count). The third-order valence-corrected chi connectivity index (χ3v) is 6.66. The first-order valence-electron chi connectivity index (χ1n) is 8.59. The molecular formula is C18H23Cl3N2O. The summed E-state index contributed by atoms with van der Waals surface area (Å²) in [7, 11) is 0. The van der Waals surface area contributed by atoms with Crippen LogP contribution in [0.25, 0.3) is 0 Å². The van der Waals surface area contributed by atoms with Crippen molar-refractivity contribution in [3.05, 3.63) is 33.8 Å². The second-order valence-electron chi connectivity index (χ2n) is 7.34. The highest BCUT2D eigenvalue weighted by Crippen LogP contribution is 2.45. The van der Waals surface area contributed by atoms with Crippen LogP contribution < -0.4 is 10.6 Å². The third kappa shape index (κ3) is 3.16. The minimum atomic E-state index is -0.405. The molecule has 2 saturated heterocycles. The fourth-order valence-electron chi connectivity index (χ4n) is 4.47. The summed E-state index contributed by atoms with van der Waals surface area (Å²) in [6.45, 7) is 0. The summed E-state index contributed by atoms with van der Waals surface area (Å²) in [5, 5.41) is 8.03. The molecule has 1 aliphatic carbocycles. The van der Waals surface area contributed by atoms with E-state index in [0.29, 0.717) is 28.2 Å². The van der Waals surface area contributed by atoms with E-state index in [9.17, 15) is 4.79 Å². The zero-order valence-corrected chi connectivity index (χ0v) is 15.8. The second kappa shape index (κ2) is 7.03. The van der Waals surface area contributed by atoms with Gasteiger partial charge in [0.15, 0.2) is 0 Å². The average Bonchev–Trinajstić information content (AvgIpc) is 2.80. The van der Waals surface area contributed by atoms with Crippen molar-refractivity contribution in [2.75, 3.05) is 0 Å². The highest BCUT2D eigenvalue weighted by molar-refractivity contribution is 6.42. The quantitative estimate of drug-likeness (QED) is 0.812. The van der Waals surface area contributed by atoms with Crippen molar-refractivity contribution >= 4 is 41.5 Å². The van der Waals surface area contributed by atoms with E-state index < -0.39 is 5.41 Å². The number of piperidine rings is 1. The lowest BCUT2D eigenvalue weighted by Crippen LogP contribution is -2.55. The lowest BCUT2D eigenvalue weighted by molar-refractivity contribution is -0.131. The van der Waals surface area contributed by atoms with E-state index in [0.717, 1.165) is 37.7 Å². The number of carbonyl (C=O) groups is 1. The van der Waals surface area contributed by atoms with Gasteiger partial charge in [-0.15, -0.1) is 12.4 Å². The summed E-state index contributed by atoms with van der Waals surface area (Å²) >= 11 is 12.2. The lowest BCUT2D eigenvalue weighted by Gasteiger charge is -2.42. The molecule has 2 atom stereocenters. The van der Waals surface area contributed by atoms with Gasteiger partial charge in [-0.1, -0.05) is 35.7 Å². The molecule has 2 unspecified atom stereocenters. The van der Waals surface area contributed by atoms with Gasteiger partial charge >= 0.3 is 0 Å². The number of carbonyl (C=O) groups excluding carboxylic acids is 1. The van der Waals surface area contributed by atoms with Gasteiger partial charge in [0.1, 0.15) is 0 Å². The first-order chi connectivity index (χ1) is 11.1. The fraction of sp³-hybridized carbons (Fsp3) is 0.611. The number of hydrogen-bond acceptors (Lipinski definition) is 2. The Hall–Kier alpha value is -0.480. The Morgan fingerprint density at radius 2 is 1.79 bits per heavy atom. The molecule has 0 spiro atoms. The Kier molecular flexibility index (Phi) is 5.36. The van der Waals surface area contributed by atoms with Gasteiger partial charge in [0, 0.05) is 18.1 Å². The van der Waals surface area contributed by atoms with Crippen LogP contribution in [-0.4, -0.2) is 24.0 Å². The molecule has 2 bridgehead atoms. The molecule has 2 N–H and O–H groups in total. The van der Waals surface area contributed by atoms with E-state index in [-0.39, 0.29) is 18.3 Å². The lowest BCUT2D eigenvalue weighted by atomic mass is 9.63. The molecule has 0 radical (unpaired) electrons. The highest BCUT2D eigenvalue weighted by Gasteiger charge is 2.47. The normalized spacial score (nSPS) is 30.2. The van der Waals surface area contributed by atoms with Crippen molar-refractivity contribution in [3.8, 4) is 0 Å². The molecular weight excluding hydrogens is 367 g/mol. The van der Waals surface area contributed by atoms with Crippen LogP contribution in [0.4, 0.5) is 0 Å². The van der Waals surface area contributed by atoms with Crippen LogP contribution in [0, 0.1) is 0 Å². The van der Waals surface area contributed by atoms with E-state index in [1.165, 1.54) is 12.8 Å². The Bertz CT molecular complexity index is 621. The van der Waals surface area contributed by atoms with Gasteiger partial charge in [0.25, 0.3) is 0 Å². The highest BCUT2D eigenvalue weighted by atomic mass is 35.5. The zero-order chi connectivity index (χ0) is 16.0. The third-order valence-electron chi connectivity index (χ3n) is 5.92. The number of halogens is 3. The predicted molar refractivity (Wildman–Crippen MR) is 100 cm³/mol. The first kappa shape index (κ1) is 18.3. The number of fused-ring (bicyclic) bond motifs is 2. The van der Waals surface area contributed by atoms with Crippen LogP contribution in [0.5, 0.6) is 0 Å². The Balaban J connectivity index is 0.00000169. The maximum Gasteiger partial charge on any atom is 0.230 e. The number of nitrogens with one attached hydrogen (secondary N) is 2. The molecule has 24 heavy (non-hydrogen) atoms. The van der Waals surface area contributed by atoms with Crippen molar-refractivity contribution in [2.45, 2.75) is 68.5 Å². The van der Waals surface area contributed by atoms with Crippen LogP contribution in [0.2, 0.25) is 10.0 Å². The summed E-state index contributed by atoms with van der Waals surface area (Å²) in [6, 6.07) is 7.11. The van der Waals surface area contributed by atoms with Gasteiger partial charge in [0.2, 0.25) is 5.91 Å². The molecule has 1 saturated carbocycles. The molecule has 2 heterocycles. The second-order valence-corrected chi connectivity index (χ2v) is 8.16. The van der Waals surface area contributed by atoms with Crippen molar-refractivity contribution in [2.24, 2.45) is 0 Å². The summed E-state index contributed by atoms with van der Waals surface area (Å²) in [5.41, 5.74) is 0.602. The van der Waals surface area contributed by atoms with Gasteiger partial charge in [-0.05, 0) is 56.2 Å². The topological polar surface area (TPSA) is 41.1 Å². The van der Waals surface area contributed by atoms with E-state index in [1.54, 1.807) is 6.07 Å². The first-order valence-corrected chi connectivity index (χ1v) is 9.35. The summed E-state index contributed by atoms with van der Waals surface area (Å²) in [5.74, 6) is 0.174. The molecule has 0 aromatic heterocycles. The molecule has 1 aromatic carbocycles. The van der Waals surface area contributed by atoms with Gasteiger partial charge in [-0.25, -0.2) is 0 Å². The Labute approximate surface area is 159 Å². The monoisotopic (exact) mass is 388 g/mol. The Morgan fingerprint density at radius 3 is 2.33 bits per heavy atom. The average molecular weight is 390 g/mol. The minimum absolute atomic E-state index is 0. The van der Waals surface area contributed by atoms with Crippen LogP contribution in [-0.2, 0) is 10.2 Å². The van der Waals surface area contributed by atoms with Crippen LogP contribution in [0.3, 0.4) is 0 Å². The standard InChI is InChI=1S/C18H22Cl2N2O.ClH/c19-15-5-2-11(8-16(15)20)18(6-1-7-18)17(23)22-14-9-12-3-4-13(10-14)21-12;/h2,5,8,12-14,21H,1,3-4,6-7,9-10H2,(H,22,23);1H. The molecule has 132 valence electrons. The number of rotatable bonds is 3. The largest absolute Gasteiger partial charge is 0.352 e. The van der Waals surface area contributed by atoms with Gasteiger partial charge < -0.3 is 10.6 Å². The van der Waals surface area contributed by atoms with Gasteiger partial charge in [0.05, 0.1) is 15.5 Å². The zero-order valence-electron chi connectivity index (χ0n) is 13.5. The van der Waals surface area contributed by atoms with Crippen LogP contribution >= 0.6 is 35.6 Å². The van der Waals surface area contributed by atoms with Crippen LogP contribution in [0.1, 0.15) is 50.5 Å². The maximum absolute atomic E-state index is 13.0. The Morgan fingerprint density at radius 1 is 1.12 bits per heavy atom. The summed E-state index contributed by atoms with van der Waals surface area (Å²) in [4.78, 5) is 13.0. The van der Waals surface area contributed by atoms with E-state index >= 15 is 0 Å². The summed E-state index contributed by atoms with van der Waals surface area (Å²) < 4.78 is 0. The molecule has 1 aromatic rings. The number of amides is 1. The number of benzene rings is 1. The van der Waals surface area contributed by atoms with Crippen molar-refractivity contribution in [1.82, 2.24) is 10.6 Å². The fourth-order valence-corrected chi connectivity index (χ4v) is 4.77. The molecule has 3 aliphatic rings. The van der Waals surface area contributed by atoms with E-state index in [4.69, 9.17) is 23.2 Å². The maximum atomic E-state index is 13.0. The molecule has 2 aliphatic heterocycles. The predicted octanol–water partition coefficient (Wildman–Crippen LogP) is 4.24. The summed E-state index contributed by atoms with van der Waals surface area (Å²) in [6.07, 6.45) is 7.48. The van der Waals surface area contributed by atoms with Gasteiger partial charge in [-0.2, -0.15) is 0 Å². The minimum Gasteiger partial charge on any atom is -0.352 e. The van der Waals surface area contributed by atoms with Crippen molar-refractivity contribution in [1.29, 1.82) is 0 Å². The van der Waals surface area contributed by atoms with Gasteiger partial charge in [-0.3, -0.25) is 4.79 Å². The van der Waals surface area contributed by atoms with Crippen LogP contribution in [0.15, 0.2) is 18.2 Å².